The lowest BCUT2D eigenvalue weighted by molar-refractivity contribution is -0.0479. The highest BCUT2D eigenvalue weighted by Crippen LogP contribution is 2.37. The fourth-order valence-electron chi connectivity index (χ4n) is 4.08. The van der Waals surface area contributed by atoms with Crippen LogP contribution in [0, 0.1) is 0 Å². The van der Waals surface area contributed by atoms with Crippen LogP contribution in [-0.4, -0.2) is 53.6 Å². The van der Waals surface area contributed by atoms with Crippen molar-refractivity contribution >= 4 is 0 Å². The van der Waals surface area contributed by atoms with Gasteiger partial charge < -0.3 is 19.7 Å². The third-order valence-electron chi connectivity index (χ3n) is 5.85. The van der Waals surface area contributed by atoms with Crippen LogP contribution in [0.4, 0.5) is 0 Å². The molecule has 11 nitrogen and oxygen atoms in total. The Hall–Kier alpha value is -4.06. The SMILES string of the molecule is O=c1ccn([C@@H]2O[C@H](CO)[C@@H](O)[C@H]2n2cc(COc3ccc(-c4ccccc4)cc3)nn2)c(=O)[nH]1. The molecule has 4 atom stereocenters. The van der Waals surface area contributed by atoms with Crippen molar-refractivity contribution < 1.29 is 19.7 Å². The Balaban J connectivity index is 1.32. The summed E-state index contributed by atoms with van der Waals surface area (Å²) in [4.78, 5) is 25.9. The average Bonchev–Trinajstić information content (AvgIpc) is 3.47. The Morgan fingerprint density at radius 1 is 1.03 bits per heavy atom. The van der Waals surface area contributed by atoms with E-state index in [9.17, 15) is 19.8 Å². The van der Waals surface area contributed by atoms with Crippen molar-refractivity contribution in [3.8, 4) is 16.9 Å². The fourth-order valence-corrected chi connectivity index (χ4v) is 4.08. The molecule has 3 N–H and O–H groups in total. The number of nitrogens with one attached hydrogen (secondary N) is 1. The number of nitrogens with zero attached hydrogens (tertiary/aromatic N) is 4. The summed E-state index contributed by atoms with van der Waals surface area (Å²) in [5, 5.41) is 28.5. The average molecular weight is 477 g/mol. The van der Waals surface area contributed by atoms with Gasteiger partial charge in [0.15, 0.2) is 6.23 Å². The zero-order chi connectivity index (χ0) is 24.4. The molecule has 1 aliphatic rings. The highest BCUT2D eigenvalue weighted by atomic mass is 16.5. The molecule has 0 spiro atoms. The van der Waals surface area contributed by atoms with Crippen molar-refractivity contribution in [2.24, 2.45) is 0 Å². The van der Waals surface area contributed by atoms with Crippen LogP contribution in [0.1, 0.15) is 18.0 Å². The molecule has 0 aliphatic carbocycles. The molecule has 35 heavy (non-hydrogen) atoms. The molecule has 0 amide bonds. The number of aromatic nitrogens is 5. The lowest BCUT2D eigenvalue weighted by Crippen LogP contribution is -2.36. The Morgan fingerprint density at radius 3 is 2.49 bits per heavy atom. The number of aliphatic hydroxyl groups is 2. The highest BCUT2D eigenvalue weighted by molar-refractivity contribution is 5.63. The molecule has 0 unspecified atom stereocenters. The van der Waals surface area contributed by atoms with Crippen molar-refractivity contribution in [3.63, 3.8) is 0 Å². The van der Waals surface area contributed by atoms with E-state index in [4.69, 9.17) is 9.47 Å². The Kier molecular flexibility index (Phi) is 6.27. The second-order valence-corrected chi connectivity index (χ2v) is 8.12. The molecule has 1 saturated heterocycles. The molecule has 2 aromatic heterocycles. The summed E-state index contributed by atoms with van der Waals surface area (Å²) in [6.07, 6.45) is -0.294. The molecule has 4 aromatic rings. The second-order valence-electron chi connectivity index (χ2n) is 8.12. The first kappa shape index (κ1) is 22.7. The fraction of sp³-hybridized carbons (Fsp3) is 0.250. The standard InChI is InChI=1S/C24H23N5O6/c30-13-19-22(32)21(23(35-19)28-11-10-20(31)25-24(28)33)29-12-17(26-27-29)14-34-18-8-6-16(7-9-18)15-4-2-1-3-5-15/h1-12,19,21-23,30,32H,13-14H2,(H,25,31,33)/t19-,21-,22-,23-/m1/s1. The maximum absolute atomic E-state index is 12.3. The molecule has 0 bridgehead atoms. The molecular formula is C24H23N5O6. The van der Waals surface area contributed by atoms with Gasteiger partial charge in [-0.05, 0) is 23.3 Å². The van der Waals surface area contributed by atoms with E-state index in [1.807, 2.05) is 54.6 Å². The second kappa shape index (κ2) is 9.66. The largest absolute Gasteiger partial charge is 0.487 e. The number of aromatic amines is 1. The lowest BCUT2D eigenvalue weighted by Gasteiger charge is -2.21. The third kappa shape index (κ3) is 4.64. The number of aliphatic hydroxyl groups excluding tert-OH is 2. The summed E-state index contributed by atoms with van der Waals surface area (Å²) in [6, 6.07) is 18.0. The predicted molar refractivity (Wildman–Crippen MR) is 124 cm³/mol. The Labute approximate surface area is 198 Å². The molecule has 0 radical (unpaired) electrons. The van der Waals surface area contributed by atoms with Gasteiger partial charge in [0.1, 0.15) is 36.3 Å². The first-order valence-corrected chi connectivity index (χ1v) is 11.0. The summed E-state index contributed by atoms with van der Waals surface area (Å²) in [7, 11) is 0. The van der Waals surface area contributed by atoms with Gasteiger partial charge in [0.2, 0.25) is 0 Å². The minimum atomic E-state index is -1.18. The third-order valence-corrected chi connectivity index (χ3v) is 5.85. The van der Waals surface area contributed by atoms with Crippen LogP contribution in [-0.2, 0) is 11.3 Å². The number of hydrogen-bond donors (Lipinski definition) is 3. The molecule has 5 rings (SSSR count). The minimum Gasteiger partial charge on any atom is -0.487 e. The number of benzene rings is 2. The topological polar surface area (TPSA) is 144 Å². The normalized spacial score (nSPS) is 21.8. The van der Waals surface area contributed by atoms with Crippen molar-refractivity contribution in [3.05, 3.63) is 99.6 Å². The number of rotatable bonds is 7. The van der Waals surface area contributed by atoms with Gasteiger partial charge in [0.05, 0.1) is 12.8 Å². The van der Waals surface area contributed by atoms with E-state index in [2.05, 4.69) is 15.3 Å². The van der Waals surface area contributed by atoms with Gasteiger partial charge in [-0.2, -0.15) is 0 Å². The van der Waals surface area contributed by atoms with E-state index in [1.54, 1.807) is 6.20 Å². The monoisotopic (exact) mass is 477 g/mol. The van der Waals surface area contributed by atoms with E-state index in [0.717, 1.165) is 15.7 Å². The van der Waals surface area contributed by atoms with E-state index < -0.39 is 42.3 Å². The zero-order valence-corrected chi connectivity index (χ0v) is 18.5. The molecule has 0 saturated carbocycles. The van der Waals surface area contributed by atoms with Gasteiger partial charge in [-0.3, -0.25) is 14.3 Å². The van der Waals surface area contributed by atoms with Crippen LogP contribution in [0.3, 0.4) is 0 Å². The van der Waals surface area contributed by atoms with Crippen molar-refractivity contribution in [2.75, 3.05) is 6.61 Å². The molecule has 3 heterocycles. The smallest absolute Gasteiger partial charge is 0.330 e. The van der Waals surface area contributed by atoms with Gasteiger partial charge in [-0.15, -0.1) is 5.10 Å². The molecule has 180 valence electrons. The van der Waals surface area contributed by atoms with Gasteiger partial charge in [-0.1, -0.05) is 47.7 Å². The van der Waals surface area contributed by atoms with E-state index >= 15 is 0 Å². The lowest BCUT2D eigenvalue weighted by atomic mass is 10.1. The first-order valence-electron chi connectivity index (χ1n) is 11.0. The van der Waals surface area contributed by atoms with Gasteiger partial charge in [-0.25, -0.2) is 9.48 Å². The van der Waals surface area contributed by atoms with Crippen LogP contribution in [0.5, 0.6) is 5.75 Å². The van der Waals surface area contributed by atoms with Crippen LogP contribution in [0.25, 0.3) is 11.1 Å². The summed E-state index contributed by atoms with van der Waals surface area (Å²) >= 11 is 0. The highest BCUT2D eigenvalue weighted by Gasteiger charge is 2.46. The van der Waals surface area contributed by atoms with E-state index in [0.29, 0.717) is 11.4 Å². The summed E-state index contributed by atoms with van der Waals surface area (Å²) in [6.45, 7) is -0.336. The summed E-state index contributed by atoms with van der Waals surface area (Å²) in [5.74, 6) is 0.654. The number of H-pyrrole nitrogens is 1. The molecule has 11 heteroatoms. The molecule has 1 aliphatic heterocycles. The maximum atomic E-state index is 12.3. The van der Waals surface area contributed by atoms with Crippen LogP contribution < -0.4 is 16.0 Å². The van der Waals surface area contributed by atoms with Crippen LogP contribution in [0.15, 0.2) is 82.6 Å². The number of hydrogen-bond acceptors (Lipinski definition) is 8. The van der Waals surface area contributed by atoms with Crippen molar-refractivity contribution in [1.29, 1.82) is 0 Å². The number of ether oxygens (including phenoxy) is 2. The summed E-state index contributed by atoms with van der Waals surface area (Å²) < 4.78 is 14.0. The predicted octanol–water partition coefficient (Wildman–Crippen LogP) is 0.866. The van der Waals surface area contributed by atoms with Gasteiger partial charge in [0.25, 0.3) is 5.56 Å². The van der Waals surface area contributed by atoms with Crippen molar-refractivity contribution in [1.82, 2.24) is 24.5 Å². The Morgan fingerprint density at radius 2 is 1.77 bits per heavy atom. The van der Waals surface area contributed by atoms with Crippen LogP contribution >= 0.6 is 0 Å². The quantitative estimate of drug-likeness (QED) is 0.356. The molecule has 1 fully saturated rings. The first-order chi connectivity index (χ1) is 17.0. The van der Waals surface area contributed by atoms with E-state index in [-0.39, 0.29) is 6.61 Å². The van der Waals surface area contributed by atoms with Crippen LogP contribution in [0.2, 0.25) is 0 Å². The molecular weight excluding hydrogens is 454 g/mol. The Bertz CT molecular complexity index is 1400. The van der Waals surface area contributed by atoms with Gasteiger partial charge >= 0.3 is 5.69 Å². The molecule has 2 aromatic carbocycles. The maximum Gasteiger partial charge on any atom is 0.330 e. The van der Waals surface area contributed by atoms with Crippen molar-refractivity contribution in [2.45, 2.75) is 31.1 Å². The summed E-state index contributed by atoms with van der Waals surface area (Å²) in [5.41, 5.74) is 1.40. The van der Waals surface area contributed by atoms with Gasteiger partial charge in [0, 0.05) is 12.3 Å². The minimum absolute atomic E-state index is 0.126. The van der Waals surface area contributed by atoms with E-state index in [1.165, 1.54) is 16.9 Å². The zero-order valence-electron chi connectivity index (χ0n) is 18.5.